The van der Waals surface area contributed by atoms with Gasteiger partial charge < -0.3 is 9.84 Å². The average molecular weight is 210 g/mol. The molecule has 0 heterocycles. The Labute approximate surface area is 88.6 Å². The van der Waals surface area contributed by atoms with Gasteiger partial charge in [0.15, 0.2) is 0 Å². The van der Waals surface area contributed by atoms with Gasteiger partial charge in [-0.2, -0.15) is 0 Å². The first kappa shape index (κ1) is 11.0. The SMILES string of the molecule is C=C(O)CCSc1cccc(OC)c1. The van der Waals surface area contributed by atoms with E-state index < -0.39 is 0 Å². The van der Waals surface area contributed by atoms with Crippen LogP contribution in [0.1, 0.15) is 6.42 Å². The van der Waals surface area contributed by atoms with Crippen molar-refractivity contribution in [3.63, 3.8) is 0 Å². The molecule has 0 saturated heterocycles. The summed E-state index contributed by atoms with van der Waals surface area (Å²) in [5, 5.41) is 8.90. The lowest BCUT2D eigenvalue weighted by Gasteiger charge is -2.03. The van der Waals surface area contributed by atoms with Crippen LogP contribution in [0, 0.1) is 0 Å². The first-order valence-electron chi connectivity index (χ1n) is 4.36. The van der Waals surface area contributed by atoms with Gasteiger partial charge in [0.25, 0.3) is 0 Å². The molecule has 76 valence electrons. The predicted molar refractivity (Wildman–Crippen MR) is 60.1 cm³/mol. The smallest absolute Gasteiger partial charge is 0.119 e. The number of ether oxygens (including phenoxy) is 1. The molecule has 14 heavy (non-hydrogen) atoms. The van der Waals surface area contributed by atoms with Crippen molar-refractivity contribution in [2.45, 2.75) is 11.3 Å². The molecule has 0 aromatic heterocycles. The number of rotatable bonds is 5. The first-order chi connectivity index (χ1) is 6.72. The highest BCUT2D eigenvalue weighted by molar-refractivity contribution is 7.99. The molecule has 0 aliphatic carbocycles. The van der Waals surface area contributed by atoms with Gasteiger partial charge in [-0.25, -0.2) is 0 Å². The number of hydrogen-bond donors (Lipinski definition) is 1. The topological polar surface area (TPSA) is 29.5 Å². The van der Waals surface area contributed by atoms with Crippen LogP contribution in [0.3, 0.4) is 0 Å². The molecule has 1 aromatic rings. The molecule has 0 bridgehead atoms. The molecule has 0 spiro atoms. The summed E-state index contributed by atoms with van der Waals surface area (Å²) in [4.78, 5) is 1.14. The van der Waals surface area contributed by atoms with E-state index >= 15 is 0 Å². The van der Waals surface area contributed by atoms with Crippen molar-refractivity contribution in [2.75, 3.05) is 12.9 Å². The Hall–Kier alpha value is -1.09. The second-order valence-corrected chi connectivity index (χ2v) is 4.01. The van der Waals surface area contributed by atoms with E-state index in [-0.39, 0.29) is 5.76 Å². The lowest BCUT2D eigenvalue weighted by Crippen LogP contribution is -1.85. The maximum absolute atomic E-state index is 8.90. The summed E-state index contributed by atoms with van der Waals surface area (Å²) in [6.07, 6.45) is 0.627. The van der Waals surface area contributed by atoms with Crippen LogP contribution in [-0.2, 0) is 0 Å². The van der Waals surface area contributed by atoms with Crippen LogP contribution < -0.4 is 4.74 Å². The highest BCUT2D eigenvalue weighted by Gasteiger charge is 1.97. The maximum Gasteiger partial charge on any atom is 0.119 e. The monoisotopic (exact) mass is 210 g/mol. The predicted octanol–water partition coefficient (Wildman–Crippen LogP) is 3.25. The zero-order chi connectivity index (χ0) is 10.4. The standard InChI is InChI=1S/C11H14O2S/c1-9(12)6-7-14-11-5-3-4-10(8-11)13-2/h3-5,8,12H,1,6-7H2,2H3. The molecule has 0 unspecified atom stereocenters. The van der Waals surface area contributed by atoms with Crippen molar-refractivity contribution in [3.05, 3.63) is 36.6 Å². The van der Waals surface area contributed by atoms with Gasteiger partial charge in [0.1, 0.15) is 5.75 Å². The van der Waals surface area contributed by atoms with Crippen LogP contribution >= 0.6 is 11.8 Å². The Morgan fingerprint density at radius 2 is 2.36 bits per heavy atom. The summed E-state index contributed by atoms with van der Waals surface area (Å²) in [7, 11) is 1.65. The number of allylic oxidation sites excluding steroid dienone is 1. The summed E-state index contributed by atoms with van der Waals surface area (Å²) in [5.41, 5.74) is 0. The first-order valence-corrected chi connectivity index (χ1v) is 5.34. The van der Waals surface area contributed by atoms with Crippen LogP contribution in [0.4, 0.5) is 0 Å². The fourth-order valence-electron chi connectivity index (χ4n) is 0.978. The third-order valence-corrected chi connectivity index (χ3v) is 2.70. The van der Waals surface area contributed by atoms with Crippen molar-refractivity contribution in [1.82, 2.24) is 0 Å². The molecule has 1 rings (SSSR count). The van der Waals surface area contributed by atoms with Gasteiger partial charge >= 0.3 is 0 Å². The molecule has 0 aliphatic rings. The third kappa shape index (κ3) is 3.75. The fraction of sp³-hybridized carbons (Fsp3) is 0.273. The number of benzene rings is 1. The van der Waals surface area contributed by atoms with E-state index in [0.717, 1.165) is 16.4 Å². The third-order valence-electron chi connectivity index (χ3n) is 1.70. The maximum atomic E-state index is 8.90. The summed E-state index contributed by atoms with van der Waals surface area (Å²) in [6, 6.07) is 7.86. The minimum atomic E-state index is 0.236. The van der Waals surface area contributed by atoms with E-state index in [2.05, 4.69) is 6.58 Å². The molecule has 0 fully saturated rings. The number of hydrogen-bond acceptors (Lipinski definition) is 3. The Kier molecular flexibility index (Phi) is 4.40. The average Bonchev–Trinajstić information content (AvgIpc) is 2.18. The van der Waals surface area contributed by atoms with E-state index in [0.29, 0.717) is 6.42 Å². The summed E-state index contributed by atoms with van der Waals surface area (Å²) >= 11 is 1.68. The van der Waals surface area contributed by atoms with Gasteiger partial charge in [-0.05, 0) is 18.2 Å². The van der Waals surface area contributed by atoms with Crippen molar-refractivity contribution in [3.8, 4) is 5.75 Å². The second-order valence-electron chi connectivity index (χ2n) is 2.84. The molecule has 0 atom stereocenters. The molecule has 3 heteroatoms. The largest absolute Gasteiger partial charge is 0.513 e. The van der Waals surface area contributed by atoms with Gasteiger partial charge in [-0.3, -0.25) is 0 Å². The molecule has 0 saturated carbocycles. The van der Waals surface area contributed by atoms with Gasteiger partial charge in [-0.1, -0.05) is 12.6 Å². The van der Waals surface area contributed by atoms with Crippen molar-refractivity contribution in [2.24, 2.45) is 0 Å². The molecule has 0 radical (unpaired) electrons. The number of aliphatic hydroxyl groups is 1. The lowest BCUT2D eigenvalue weighted by molar-refractivity contribution is 0.399. The van der Waals surface area contributed by atoms with Gasteiger partial charge in [0, 0.05) is 17.1 Å². The molecule has 1 aromatic carbocycles. The molecular formula is C11H14O2S. The second kappa shape index (κ2) is 5.60. The number of aliphatic hydroxyl groups excluding tert-OH is 1. The van der Waals surface area contributed by atoms with Crippen LogP contribution in [0.25, 0.3) is 0 Å². The van der Waals surface area contributed by atoms with Crippen LogP contribution in [-0.4, -0.2) is 18.0 Å². The molecule has 0 aliphatic heterocycles. The van der Waals surface area contributed by atoms with Crippen molar-refractivity contribution < 1.29 is 9.84 Å². The van der Waals surface area contributed by atoms with Crippen LogP contribution in [0.5, 0.6) is 5.75 Å². The normalized spacial score (nSPS) is 9.79. The zero-order valence-corrected chi connectivity index (χ0v) is 9.01. The Morgan fingerprint density at radius 1 is 1.57 bits per heavy atom. The van der Waals surface area contributed by atoms with Gasteiger partial charge in [0.2, 0.25) is 0 Å². The zero-order valence-electron chi connectivity index (χ0n) is 8.19. The minimum absolute atomic E-state index is 0.236. The van der Waals surface area contributed by atoms with Gasteiger partial charge in [0.05, 0.1) is 12.9 Å². The van der Waals surface area contributed by atoms with E-state index in [9.17, 15) is 0 Å². The van der Waals surface area contributed by atoms with Crippen molar-refractivity contribution in [1.29, 1.82) is 0 Å². The summed E-state index contributed by atoms with van der Waals surface area (Å²) in [5.74, 6) is 1.93. The Morgan fingerprint density at radius 3 is 3.00 bits per heavy atom. The quantitative estimate of drug-likeness (QED) is 0.597. The summed E-state index contributed by atoms with van der Waals surface area (Å²) in [6.45, 7) is 3.44. The highest BCUT2D eigenvalue weighted by atomic mass is 32.2. The number of methoxy groups -OCH3 is 1. The van der Waals surface area contributed by atoms with Gasteiger partial charge in [-0.15, -0.1) is 11.8 Å². The molecule has 2 nitrogen and oxygen atoms in total. The van der Waals surface area contributed by atoms with Crippen LogP contribution in [0.2, 0.25) is 0 Å². The van der Waals surface area contributed by atoms with Crippen molar-refractivity contribution >= 4 is 11.8 Å². The van der Waals surface area contributed by atoms with E-state index in [1.165, 1.54) is 0 Å². The Balaban J connectivity index is 2.46. The summed E-state index contributed by atoms with van der Waals surface area (Å²) < 4.78 is 5.10. The van der Waals surface area contributed by atoms with E-state index in [1.807, 2.05) is 24.3 Å². The highest BCUT2D eigenvalue weighted by Crippen LogP contribution is 2.23. The number of thioether (sulfide) groups is 1. The van der Waals surface area contributed by atoms with E-state index in [1.54, 1.807) is 18.9 Å². The van der Waals surface area contributed by atoms with Crippen LogP contribution in [0.15, 0.2) is 41.5 Å². The fourth-order valence-corrected chi connectivity index (χ4v) is 1.93. The minimum Gasteiger partial charge on any atom is -0.513 e. The lowest BCUT2D eigenvalue weighted by atomic mass is 10.3. The Bertz CT molecular complexity index is 310. The molecule has 1 N–H and O–H groups in total. The van der Waals surface area contributed by atoms with E-state index in [4.69, 9.17) is 9.84 Å². The molecule has 0 amide bonds. The molecular weight excluding hydrogens is 196 g/mol.